The van der Waals surface area contributed by atoms with Crippen molar-refractivity contribution in [3.8, 4) is 0 Å². The summed E-state index contributed by atoms with van der Waals surface area (Å²) in [5.74, 6) is -2.81. The van der Waals surface area contributed by atoms with E-state index < -0.39 is 17.8 Å². The van der Waals surface area contributed by atoms with E-state index in [-0.39, 0.29) is 6.54 Å². The third-order valence-corrected chi connectivity index (χ3v) is 3.67. The molecule has 2 aliphatic rings. The zero-order chi connectivity index (χ0) is 15.7. The van der Waals surface area contributed by atoms with Crippen molar-refractivity contribution in [1.29, 1.82) is 0 Å². The predicted octanol–water partition coefficient (Wildman–Crippen LogP) is 0.797. The highest BCUT2D eigenvalue weighted by atomic mass is 35.5. The maximum atomic E-state index is 11.8. The zero-order valence-electron chi connectivity index (χ0n) is 11.9. The minimum Gasteiger partial charge on any atom is -0.399 e. The standard InChI is InChI=1S/C14H14ClN3O4/c1-17-4-5-18(11-6-10(15)7-16-8-11)14(9-17)21-12(19)2-3-13(20)22-14/h2-3,6-8H,4-5,9H2,1H3. The fraction of sp³-hybridized carbons (Fsp3) is 0.357. The number of aromatic nitrogens is 1. The Bertz CT molecular complexity index is 629. The number of anilines is 1. The number of carbonyl (C=O) groups is 2. The van der Waals surface area contributed by atoms with Crippen molar-refractivity contribution < 1.29 is 19.1 Å². The van der Waals surface area contributed by atoms with Crippen LogP contribution in [-0.4, -0.2) is 54.4 Å². The summed E-state index contributed by atoms with van der Waals surface area (Å²) in [5, 5.41) is 0.441. The fourth-order valence-electron chi connectivity index (χ4n) is 2.53. The molecule has 116 valence electrons. The van der Waals surface area contributed by atoms with Crippen molar-refractivity contribution >= 4 is 29.2 Å². The second-order valence-electron chi connectivity index (χ2n) is 5.14. The van der Waals surface area contributed by atoms with Crippen LogP contribution < -0.4 is 4.90 Å². The minimum absolute atomic E-state index is 0.221. The van der Waals surface area contributed by atoms with Gasteiger partial charge < -0.3 is 9.47 Å². The van der Waals surface area contributed by atoms with Gasteiger partial charge in [-0.1, -0.05) is 11.6 Å². The number of likely N-dealkylation sites (N-methyl/N-ethyl adjacent to an activating group) is 1. The molecule has 2 aliphatic heterocycles. The third-order valence-electron chi connectivity index (χ3n) is 3.46. The van der Waals surface area contributed by atoms with Crippen LogP contribution in [0.15, 0.2) is 30.6 Å². The van der Waals surface area contributed by atoms with E-state index in [4.69, 9.17) is 21.1 Å². The van der Waals surface area contributed by atoms with Crippen LogP contribution in [0.25, 0.3) is 0 Å². The number of ether oxygens (including phenoxy) is 2. The fourth-order valence-corrected chi connectivity index (χ4v) is 2.70. The lowest BCUT2D eigenvalue weighted by Gasteiger charge is -2.47. The second kappa shape index (κ2) is 5.58. The van der Waals surface area contributed by atoms with Gasteiger partial charge in [0.25, 0.3) is 0 Å². The maximum Gasteiger partial charge on any atom is 0.356 e. The Labute approximate surface area is 132 Å². The molecule has 0 radical (unpaired) electrons. The molecule has 3 rings (SSSR count). The van der Waals surface area contributed by atoms with Gasteiger partial charge in [0.1, 0.15) is 0 Å². The summed E-state index contributed by atoms with van der Waals surface area (Å²) in [6.07, 6.45) is 5.19. The van der Waals surface area contributed by atoms with Crippen molar-refractivity contribution in [2.75, 3.05) is 31.6 Å². The van der Waals surface area contributed by atoms with Crippen LogP contribution in [0, 0.1) is 0 Å². The molecule has 0 aliphatic carbocycles. The molecule has 0 bridgehead atoms. The van der Waals surface area contributed by atoms with E-state index in [2.05, 4.69) is 4.98 Å². The van der Waals surface area contributed by atoms with Crippen molar-refractivity contribution in [3.05, 3.63) is 35.6 Å². The molecule has 0 unspecified atom stereocenters. The Morgan fingerprint density at radius 2 is 1.86 bits per heavy atom. The highest BCUT2D eigenvalue weighted by Gasteiger charge is 2.49. The number of rotatable bonds is 1. The van der Waals surface area contributed by atoms with Gasteiger partial charge in [-0.15, -0.1) is 0 Å². The molecule has 1 aromatic heterocycles. The zero-order valence-corrected chi connectivity index (χ0v) is 12.6. The molecular formula is C14H14ClN3O4. The average molecular weight is 324 g/mol. The minimum atomic E-state index is -1.53. The van der Waals surface area contributed by atoms with Gasteiger partial charge in [-0.25, -0.2) is 9.59 Å². The largest absolute Gasteiger partial charge is 0.399 e. The number of hydrogen-bond donors (Lipinski definition) is 0. The molecular weight excluding hydrogens is 310 g/mol. The average Bonchev–Trinajstić information content (AvgIpc) is 2.58. The molecule has 0 saturated carbocycles. The Morgan fingerprint density at radius 3 is 2.50 bits per heavy atom. The molecule has 1 spiro atoms. The van der Waals surface area contributed by atoms with Crippen molar-refractivity contribution in [2.45, 2.75) is 5.91 Å². The van der Waals surface area contributed by atoms with Gasteiger partial charge in [0.05, 0.1) is 23.5 Å². The first-order chi connectivity index (χ1) is 10.5. The molecule has 0 amide bonds. The van der Waals surface area contributed by atoms with Gasteiger partial charge in [0.15, 0.2) is 0 Å². The molecule has 1 fully saturated rings. The number of hydrogen-bond acceptors (Lipinski definition) is 7. The number of esters is 2. The first kappa shape index (κ1) is 14.8. The van der Waals surface area contributed by atoms with Crippen LogP contribution in [0.1, 0.15) is 0 Å². The molecule has 8 heteroatoms. The predicted molar refractivity (Wildman–Crippen MR) is 78.1 cm³/mol. The summed E-state index contributed by atoms with van der Waals surface area (Å²) in [6, 6.07) is 1.68. The van der Waals surface area contributed by atoms with Crippen LogP contribution in [-0.2, 0) is 19.1 Å². The quantitative estimate of drug-likeness (QED) is 0.708. The van der Waals surface area contributed by atoms with Gasteiger partial charge >= 0.3 is 17.8 Å². The van der Waals surface area contributed by atoms with E-state index in [1.54, 1.807) is 17.2 Å². The third kappa shape index (κ3) is 2.77. The second-order valence-corrected chi connectivity index (χ2v) is 5.58. The highest BCUT2D eigenvalue weighted by molar-refractivity contribution is 6.30. The van der Waals surface area contributed by atoms with Crippen molar-refractivity contribution in [1.82, 2.24) is 9.88 Å². The highest BCUT2D eigenvalue weighted by Crippen LogP contribution is 2.32. The van der Waals surface area contributed by atoms with Crippen molar-refractivity contribution in [3.63, 3.8) is 0 Å². The van der Waals surface area contributed by atoms with Gasteiger partial charge in [0, 0.05) is 31.4 Å². The summed E-state index contributed by atoms with van der Waals surface area (Å²) in [6.45, 7) is 1.41. The van der Waals surface area contributed by atoms with Gasteiger partial charge in [-0.3, -0.25) is 14.8 Å². The number of pyridine rings is 1. The van der Waals surface area contributed by atoms with E-state index in [0.29, 0.717) is 23.8 Å². The summed E-state index contributed by atoms with van der Waals surface area (Å²) in [7, 11) is 1.86. The Morgan fingerprint density at radius 1 is 1.18 bits per heavy atom. The number of carbonyl (C=O) groups excluding carboxylic acids is 2. The maximum absolute atomic E-state index is 11.8. The first-order valence-electron chi connectivity index (χ1n) is 6.69. The van der Waals surface area contributed by atoms with E-state index in [9.17, 15) is 9.59 Å². The van der Waals surface area contributed by atoms with Crippen LogP contribution in [0.4, 0.5) is 5.69 Å². The molecule has 7 nitrogen and oxygen atoms in total. The van der Waals surface area contributed by atoms with E-state index >= 15 is 0 Å². The van der Waals surface area contributed by atoms with E-state index in [1.807, 2.05) is 11.9 Å². The first-order valence-corrected chi connectivity index (χ1v) is 7.07. The summed E-state index contributed by atoms with van der Waals surface area (Å²) < 4.78 is 10.9. The topological polar surface area (TPSA) is 72.0 Å². The van der Waals surface area contributed by atoms with Gasteiger partial charge in [-0.2, -0.15) is 0 Å². The Kier molecular flexibility index (Phi) is 3.76. The van der Waals surface area contributed by atoms with Gasteiger partial charge in [-0.05, 0) is 13.1 Å². The number of nitrogens with zero attached hydrogens (tertiary/aromatic N) is 3. The lowest BCUT2D eigenvalue weighted by Crippen LogP contribution is -2.65. The van der Waals surface area contributed by atoms with Crippen molar-refractivity contribution in [2.24, 2.45) is 0 Å². The van der Waals surface area contributed by atoms with E-state index in [0.717, 1.165) is 12.2 Å². The Hall–Kier alpha value is -2.12. The van der Waals surface area contributed by atoms with E-state index in [1.165, 1.54) is 6.20 Å². The lowest BCUT2D eigenvalue weighted by molar-refractivity contribution is -0.230. The number of piperazine rings is 1. The summed E-state index contributed by atoms with van der Waals surface area (Å²) in [5.41, 5.74) is 0.614. The van der Waals surface area contributed by atoms with Crippen LogP contribution in [0.3, 0.4) is 0 Å². The molecule has 22 heavy (non-hydrogen) atoms. The summed E-state index contributed by atoms with van der Waals surface area (Å²) >= 11 is 5.98. The Balaban J connectivity index is 2.03. The summed E-state index contributed by atoms with van der Waals surface area (Å²) in [4.78, 5) is 31.3. The van der Waals surface area contributed by atoms with Crippen LogP contribution in [0.5, 0.6) is 0 Å². The molecule has 1 saturated heterocycles. The van der Waals surface area contributed by atoms with Crippen LogP contribution in [0.2, 0.25) is 5.02 Å². The molecule has 0 aromatic carbocycles. The van der Waals surface area contributed by atoms with Crippen LogP contribution >= 0.6 is 11.6 Å². The molecule has 1 aromatic rings. The normalized spacial score (nSPS) is 21.5. The lowest BCUT2D eigenvalue weighted by atomic mass is 10.2. The smallest absolute Gasteiger partial charge is 0.356 e. The van der Waals surface area contributed by atoms with Gasteiger partial charge in [0.2, 0.25) is 0 Å². The molecule has 0 atom stereocenters. The molecule has 0 N–H and O–H groups in total. The monoisotopic (exact) mass is 323 g/mol. The number of halogens is 1. The SMILES string of the molecule is CN1CCN(c2cncc(Cl)c2)C2(C1)OC(=O)C=CC(=O)O2. The molecule has 3 heterocycles.